The Bertz CT molecular complexity index is 488. The van der Waals surface area contributed by atoms with Crippen molar-refractivity contribution in [3.8, 4) is 6.07 Å². The highest BCUT2D eigenvalue weighted by molar-refractivity contribution is 6.00. The van der Waals surface area contributed by atoms with Crippen LogP contribution in [0.4, 0.5) is 5.69 Å². The van der Waals surface area contributed by atoms with Gasteiger partial charge in [0.1, 0.15) is 5.92 Å². The van der Waals surface area contributed by atoms with Gasteiger partial charge < -0.3 is 0 Å². The van der Waals surface area contributed by atoms with Crippen molar-refractivity contribution >= 4 is 11.5 Å². The van der Waals surface area contributed by atoms with Gasteiger partial charge in [-0.2, -0.15) is 5.26 Å². The second kappa shape index (κ2) is 4.53. The van der Waals surface area contributed by atoms with Crippen LogP contribution in [0.15, 0.2) is 18.2 Å². The Morgan fingerprint density at radius 1 is 1.56 bits per heavy atom. The maximum atomic E-state index is 11.7. The summed E-state index contributed by atoms with van der Waals surface area (Å²) in [6.45, 7) is 3.12. The molecule has 0 aliphatic rings. The lowest BCUT2D eigenvalue weighted by molar-refractivity contribution is -0.384. The van der Waals surface area contributed by atoms with E-state index in [1.807, 2.05) is 6.07 Å². The van der Waals surface area contributed by atoms with Crippen LogP contribution in [-0.2, 0) is 0 Å². The Morgan fingerprint density at radius 3 is 2.62 bits per heavy atom. The molecule has 0 aliphatic heterocycles. The number of hydrogen-bond donors (Lipinski definition) is 0. The van der Waals surface area contributed by atoms with Gasteiger partial charge in [0, 0.05) is 17.7 Å². The van der Waals surface area contributed by atoms with Gasteiger partial charge in [-0.15, -0.1) is 0 Å². The maximum absolute atomic E-state index is 11.7. The summed E-state index contributed by atoms with van der Waals surface area (Å²) < 4.78 is 0. The van der Waals surface area contributed by atoms with Crippen molar-refractivity contribution in [2.24, 2.45) is 5.92 Å². The van der Waals surface area contributed by atoms with Crippen molar-refractivity contribution < 1.29 is 9.72 Å². The van der Waals surface area contributed by atoms with Crippen LogP contribution in [0.2, 0.25) is 0 Å². The molecule has 1 unspecified atom stereocenters. The summed E-state index contributed by atoms with van der Waals surface area (Å²) in [5.74, 6) is -1.05. The highest BCUT2D eigenvalue weighted by atomic mass is 16.6. The summed E-state index contributed by atoms with van der Waals surface area (Å²) in [6, 6.07) is 5.84. The molecule has 1 aromatic carbocycles. The smallest absolute Gasteiger partial charge is 0.269 e. The minimum atomic E-state index is -0.736. The second-order valence-corrected chi connectivity index (χ2v) is 3.47. The van der Waals surface area contributed by atoms with Gasteiger partial charge in [-0.05, 0) is 25.5 Å². The molecule has 5 nitrogen and oxygen atoms in total. The van der Waals surface area contributed by atoms with Crippen LogP contribution in [0.25, 0.3) is 0 Å². The molecule has 0 saturated carbocycles. The Kier molecular flexibility index (Phi) is 3.36. The second-order valence-electron chi connectivity index (χ2n) is 3.47. The fourth-order valence-electron chi connectivity index (χ4n) is 1.33. The SMILES string of the molecule is Cc1cc([N+](=O)[O-])ccc1C(=O)C(C)C#N. The van der Waals surface area contributed by atoms with Crippen molar-refractivity contribution in [1.82, 2.24) is 0 Å². The molecule has 5 heteroatoms. The summed E-state index contributed by atoms with van der Waals surface area (Å²) in [7, 11) is 0. The first-order valence-corrected chi connectivity index (χ1v) is 4.66. The predicted octanol–water partition coefficient (Wildman–Crippen LogP) is 2.25. The zero-order valence-electron chi connectivity index (χ0n) is 8.93. The average Bonchev–Trinajstić information content (AvgIpc) is 2.26. The molecule has 0 saturated heterocycles. The van der Waals surface area contributed by atoms with Gasteiger partial charge in [0.05, 0.1) is 11.0 Å². The first-order valence-electron chi connectivity index (χ1n) is 4.66. The quantitative estimate of drug-likeness (QED) is 0.442. The van der Waals surface area contributed by atoms with Crippen LogP contribution in [0.1, 0.15) is 22.8 Å². The predicted molar refractivity (Wildman–Crippen MR) is 56.9 cm³/mol. The van der Waals surface area contributed by atoms with Crippen molar-refractivity contribution in [2.75, 3.05) is 0 Å². The molecule has 0 aliphatic carbocycles. The molecule has 0 heterocycles. The van der Waals surface area contributed by atoms with Crippen LogP contribution in [0, 0.1) is 34.3 Å². The number of carbonyl (C=O) groups is 1. The molecular formula is C11H10N2O3. The van der Waals surface area contributed by atoms with Crippen LogP contribution in [0.3, 0.4) is 0 Å². The lowest BCUT2D eigenvalue weighted by Crippen LogP contribution is -2.10. The zero-order chi connectivity index (χ0) is 12.3. The van der Waals surface area contributed by atoms with Gasteiger partial charge in [0.15, 0.2) is 5.78 Å². The van der Waals surface area contributed by atoms with E-state index in [0.717, 1.165) is 0 Å². The monoisotopic (exact) mass is 218 g/mol. The lowest BCUT2D eigenvalue weighted by Gasteiger charge is -2.05. The van der Waals surface area contributed by atoms with Gasteiger partial charge in [-0.3, -0.25) is 14.9 Å². The molecule has 1 aromatic rings. The summed E-state index contributed by atoms with van der Waals surface area (Å²) in [5.41, 5.74) is 0.819. The van der Waals surface area contributed by atoms with E-state index in [2.05, 4.69) is 0 Å². The Hall–Kier alpha value is -2.22. The van der Waals surface area contributed by atoms with E-state index in [1.165, 1.54) is 25.1 Å². The van der Waals surface area contributed by atoms with Gasteiger partial charge in [-0.1, -0.05) is 0 Å². The molecule has 1 rings (SSSR count). The third-order valence-electron chi connectivity index (χ3n) is 2.27. The summed E-state index contributed by atoms with van der Waals surface area (Å²) >= 11 is 0. The zero-order valence-corrected chi connectivity index (χ0v) is 8.93. The lowest BCUT2D eigenvalue weighted by atomic mass is 9.96. The highest BCUT2D eigenvalue weighted by Crippen LogP contribution is 2.19. The Balaban J connectivity index is 3.14. The van der Waals surface area contributed by atoms with Crippen molar-refractivity contribution in [1.29, 1.82) is 5.26 Å². The van der Waals surface area contributed by atoms with Crippen molar-refractivity contribution in [3.05, 3.63) is 39.4 Å². The summed E-state index contributed by atoms with van der Waals surface area (Å²) in [5, 5.41) is 19.1. The van der Waals surface area contributed by atoms with Gasteiger partial charge in [0.25, 0.3) is 5.69 Å². The topological polar surface area (TPSA) is 84.0 Å². The number of benzene rings is 1. The molecule has 0 spiro atoms. The molecule has 1 atom stereocenters. The number of nitro groups is 1. The number of nitro benzene ring substituents is 1. The minimum absolute atomic E-state index is 0.0568. The molecule has 0 aromatic heterocycles. The summed E-state index contributed by atoms with van der Waals surface area (Å²) in [6.07, 6.45) is 0. The van der Waals surface area contributed by atoms with E-state index in [9.17, 15) is 14.9 Å². The molecule has 0 radical (unpaired) electrons. The van der Waals surface area contributed by atoms with E-state index in [1.54, 1.807) is 6.92 Å². The molecular weight excluding hydrogens is 208 g/mol. The van der Waals surface area contributed by atoms with E-state index in [-0.39, 0.29) is 11.5 Å². The number of non-ortho nitro benzene ring substituents is 1. The van der Waals surface area contributed by atoms with Crippen LogP contribution < -0.4 is 0 Å². The number of carbonyl (C=O) groups excluding carboxylic acids is 1. The molecule has 0 bridgehead atoms. The highest BCUT2D eigenvalue weighted by Gasteiger charge is 2.18. The number of nitrogens with zero attached hydrogens (tertiary/aromatic N) is 2. The number of aryl methyl sites for hydroxylation is 1. The van der Waals surface area contributed by atoms with Crippen LogP contribution in [-0.4, -0.2) is 10.7 Å². The first-order chi connectivity index (χ1) is 7.47. The largest absolute Gasteiger partial charge is 0.293 e. The molecule has 0 amide bonds. The normalized spacial score (nSPS) is 11.6. The third-order valence-corrected chi connectivity index (χ3v) is 2.27. The average molecular weight is 218 g/mol. The van der Waals surface area contributed by atoms with Gasteiger partial charge in [-0.25, -0.2) is 0 Å². The number of rotatable bonds is 3. The fourth-order valence-corrected chi connectivity index (χ4v) is 1.33. The Labute approximate surface area is 92.5 Å². The summed E-state index contributed by atoms with van der Waals surface area (Å²) in [4.78, 5) is 21.7. The van der Waals surface area contributed by atoms with E-state index in [4.69, 9.17) is 5.26 Å². The van der Waals surface area contributed by atoms with Crippen LogP contribution in [0.5, 0.6) is 0 Å². The van der Waals surface area contributed by atoms with E-state index < -0.39 is 10.8 Å². The number of Topliss-reactive ketones (excluding diaryl/α,β-unsaturated/α-hetero) is 1. The minimum Gasteiger partial charge on any atom is -0.293 e. The van der Waals surface area contributed by atoms with Gasteiger partial charge >= 0.3 is 0 Å². The van der Waals surface area contributed by atoms with Crippen LogP contribution >= 0.6 is 0 Å². The molecule has 0 fully saturated rings. The molecule has 0 N–H and O–H groups in total. The number of hydrogen-bond acceptors (Lipinski definition) is 4. The molecule has 82 valence electrons. The maximum Gasteiger partial charge on any atom is 0.269 e. The standard InChI is InChI=1S/C11H10N2O3/c1-7-5-9(13(15)16)3-4-10(7)11(14)8(2)6-12/h3-5,8H,1-2H3. The number of ketones is 1. The van der Waals surface area contributed by atoms with Crippen molar-refractivity contribution in [3.63, 3.8) is 0 Å². The van der Waals surface area contributed by atoms with E-state index >= 15 is 0 Å². The third kappa shape index (κ3) is 2.23. The van der Waals surface area contributed by atoms with Crippen molar-refractivity contribution in [2.45, 2.75) is 13.8 Å². The van der Waals surface area contributed by atoms with E-state index in [0.29, 0.717) is 11.1 Å². The molecule has 16 heavy (non-hydrogen) atoms. The number of nitriles is 1. The van der Waals surface area contributed by atoms with Gasteiger partial charge in [0.2, 0.25) is 0 Å². The Morgan fingerprint density at radius 2 is 2.19 bits per heavy atom. The first kappa shape index (κ1) is 11.9. The fraction of sp³-hybridized carbons (Fsp3) is 0.273.